The Hall–Kier alpha value is -4.73. The van der Waals surface area contributed by atoms with Crippen molar-refractivity contribution in [3.05, 3.63) is 93.6 Å². The number of aliphatic hydroxyl groups is 1. The number of amides is 1. The first-order chi connectivity index (χ1) is 18.2. The molecule has 10 heteroatoms. The van der Waals surface area contributed by atoms with Crippen molar-refractivity contribution in [3.63, 3.8) is 0 Å². The fourth-order valence-electron chi connectivity index (χ4n) is 4.64. The number of carbonyl (C=O) groups excluding carboxylic acids is 4. The molecule has 2 N–H and O–H groups in total. The van der Waals surface area contributed by atoms with Gasteiger partial charge < -0.3 is 24.5 Å². The highest BCUT2D eigenvalue weighted by Gasteiger charge is 2.46. The first-order valence-electron chi connectivity index (χ1n) is 11.9. The van der Waals surface area contributed by atoms with E-state index in [1.807, 2.05) is 0 Å². The lowest BCUT2D eigenvalue weighted by Crippen LogP contribution is -2.29. The van der Waals surface area contributed by atoms with Crippen molar-refractivity contribution in [2.24, 2.45) is 0 Å². The average Bonchev–Trinajstić information content (AvgIpc) is 3.36. The molecule has 1 aliphatic rings. The number of methoxy groups -OCH3 is 1. The number of Topliss-reactive ketones (excluding diaryl/α,β-unsaturated/α-hetero) is 1. The number of aliphatic hydroxyl groups excluding tert-OH is 1. The van der Waals surface area contributed by atoms with Gasteiger partial charge in [0.05, 0.1) is 30.9 Å². The number of nitrogens with zero attached hydrogens (tertiary/aromatic N) is 2. The molecule has 1 aliphatic heterocycles. The molecular weight excluding hydrogens is 490 g/mol. The van der Waals surface area contributed by atoms with E-state index in [1.165, 1.54) is 24.1 Å². The number of aromatic nitrogens is 2. The van der Waals surface area contributed by atoms with Crippen molar-refractivity contribution in [1.82, 2.24) is 14.9 Å². The van der Waals surface area contributed by atoms with Crippen LogP contribution < -0.4 is 0 Å². The molecule has 1 fully saturated rings. The lowest BCUT2D eigenvalue weighted by Gasteiger charge is -2.25. The Morgan fingerprint density at radius 3 is 2.42 bits per heavy atom. The predicted molar refractivity (Wildman–Crippen MR) is 136 cm³/mol. The molecule has 0 bridgehead atoms. The average molecular weight is 518 g/mol. The Morgan fingerprint density at radius 1 is 1.11 bits per heavy atom. The summed E-state index contributed by atoms with van der Waals surface area (Å²) in [6.45, 7) is 5.17. The van der Waals surface area contributed by atoms with Crippen LogP contribution in [-0.4, -0.2) is 57.3 Å². The number of likely N-dealkylation sites (tertiary alicyclic amines) is 1. The monoisotopic (exact) mass is 517 g/mol. The van der Waals surface area contributed by atoms with Gasteiger partial charge in [-0.15, -0.1) is 0 Å². The number of ketones is 1. The summed E-state index contributed by atoms with van der Waals surface area (Å²) < 4.78 is 9.86. The van der Waals surface area contributed by atoms with Crippen molar-refractivity contribution in [2.45, 2.75) is 33.4 Å². The molecule has 0 radical (unpaired) electrons. The van der Waals surface area contributed by atoms with Gasteiger partial charge in [-0.25, -0.2) is 9.59 Å². The smallest absolute Gasteiger partial charge is 0.355 e. The number of carbonyl (C=O) groups is 4. The second-order valence-electron chi connectivity index (χ2n) is 8.75. The van der Waals surface area contributed by atoms with E-state index in [9.17, 15) is 24.3 Å². The molecule has 0 spiro atoms. The number of hydrogen-bond acceptors (Lipinski definition) is 8. The normalized spacial score (nSPS) is 16.5. The molecule has 38 heavy (non-hydrogen) atoms. The maximum absolute atomic E-state index is 13.4. The highest BCUT2D eigenvalue weighted by Crippen LogP contribution is 2.41. The summed E-state index contributed by atoms with van der Waals surface area (Å²) in [5, 5.41) is 11.5. The van der Waals surface area contributed by atoms with Crippen LogP contribution in [-0.2, 0) is 25.6 Å². The van der Waals surface area contributed by atoms with Gasteiger partial charge in [-0.2, -0.15) is 0 Å². The summed E-state index contributed by atoms with van der Waals surface area (Å²) >= 11 is 0. The van der Waals surface area contributed by atoms with Gasteiger partial charge in [0.1, 0.15) is 11.5 Å². The molecule has 0 saturated carbocycles. The summed E-state index contributed by atoms with van der Waals surface area (Å²) in [4.78, 5) is 59.4. The van der Waals surface area contributed by atoms with Crippen LogP contribution in [0.5, 0.6) is 0 Å². The van der Waals surface area contributed by atoms with E-state index < -0.39 is 35.4 Å². The zero-order valence-corrected chi connectivity index (χ0v) is 21.4. The molecule has 10 nitrogen and oxygen atoms in total. The zero-order chi connectivity index (χ0) is 27.6. The van der Waals surface area contributed by atoms with Crippen molar-refractivity contribution in [2.75, 3.05) is 13.7 Å². The second-order valence-corrected chi connectivity index (χ2v) is 8.75. The van der Waals surface area contributed by atoms with E-state index in [0.717, 1.165) is 0 Å². The number of pyridine rings is 1. The Bertz CT molecular complexity index is 1440. The number of aromatic amines is 1. The van der Waals surface area contributed by atoms with Gasteiger partial charge in [0.15, 0.2) is 0 Å². The molecule has 1 atom stereocenters. The number of ether oxygens (including phenoxy) is 2. The van der Waals surface area contributed by atoms with Crippen LogP contribution in [0.15, 0.2) is 54.4 Å². The summed E-state index contributed by atoms with van der Waals surface area (Å²) in [5.74, 6) is -3.22. The molecule has 3 aromatic rings. The molecule has 3 heterocycles. The Kier molecular flexibility index (Phi) is 7.43. The third kappa shape index (κ3) is 4.68. The highest BCUT2D eigenvalue weighted by molar-refractivity contribution is 6.46. The number of hydrogen-bond donors (Lipinski definition) is 2. The highest BCUT2D eigenvalue weighted by atomic mass is 16.5. The van der Waals surface area contributed by atoms with E-state index in [4.69, 9.17) is 9.47 Å². The van der Waals surface area contributed by atoms with Gasteiger partial charge in [0.2, 0.25) is 0 Å². The number of benzene rings is 1. The molecule has 1 saturated heterocycles. The Morgan fingerprint density at radius 2 is 1.82 bits per heavy atom. The quantitative estimate of drug-likeness (QED) is 0.210. The first-order valence-corrected chi connectivity index (χ1v) is 11.9. The summed E-state index contributed by atoms with van der Waals surface area (Å²) in [6.07, 6.45) is 3.18. The van der Waals surface area contributed by atoms with E-state index >= 15 is 0 Å². The van der Waals surface area contributed by atoms with Crippen molar-refractivity contribution in [1.29, 1.82) is 0 Å². The van der Waals surface area contributed by atoms with Crippen LogP contribution >= 0.6 is 0 Å². The van der Waals surface area contributed by atoms with E-state index in [2.05, 4.69) is 9.97 Å². The van der Waals surface area contributed by atoms with E-state index in [1.54, 1.807) is 57.4 Å². The molecule has 0 aliphatic carbocycles. The largest absolute Gasteiger partial charge is 0.507 e. The molecule has 0 unspecified atom stereocenters. The van der Waals surface area contributed by atoms with Gasteiger partial charge in [0, 0.05) is 30.2 Å². The second kappa shape index (κ2) is 10.7. The topological polar surface area (TPSA) is 139 Å². The van der Waals surface area contributed by atoms with E-state index in [0.29, 0.717) is 22.4 Å². The van der Waals surface area contributed by atoms with Gasteiger partial charge in [-0.3, -0.25) is 14.6 Å². The lowest BCUT2D eigenvalue weighted by molar-refractivity contribution is -0.140. The van der Waals surface area contributed by atoms with E-state index in [-0.39, 0.29) is 35.5 Å². The summed E-state index contributed by atoms with van der Waals surface area (Å²) in [6, 6.07) is 8.78. The third-order valence-electron chi connectivity index (χ3n) is 6.42. The van der Waals surface area contributed by atoms with Crippen molar-refractivity contribution >= 4 is 29.4 Å². The fraction of sp³-hybridized carbons (Fsp3) is 0.250. The Balaban J connectivity index is 1.89. The number of aryl methyl sites for hydroxylation is 1. The maximum atomic E-state index is 13.4. The number of esters is 2. The summed E-state index contributed by atoms with van der Waals surface area (Å²) in [5.41, 5.74) is 2.54. The summed E-state index contributed by atoms with van der Waals surface area (Å²) in [7, 11) is 1.27. The van der Waals surface area contributed by atoms with Crippen LogP contribution in [0.25, 0.3) is 5.76 Å². The maximum Gasteiger partial charge on any atom is 0.355 e. The SMILES string of the molecule is CCOC(=O)c1[nH]c(C)c(/C(O)=C2\C(=O)C(=O)N(Cc3cccnc3)[C@H]2c2ccc(C(=O)OC)cc2)c1C. The molecular formula is C28H27N3O7. The van der Waals surface area contributed by atoms with Crippen molar-refractivity contribution in [3.8, 4) is 0 Å². The number of rotatable bonds is 7. The fourth-order valence-corrected chi connectivity index (χ4v) is 4.64. The Labute approximate surface area is 218 Å². The minimum atomic E-state index is -0.971. The first kappa shape index (κ1) is 26.3. The molecule has 196 valence electrons. The van der Waals surface area contributed by atoms with Gasteiger partial charge in [-0.1, -0.05) is 18.2 Å². The molecule has 1 amide bonds. The number of nitrogens with one attached hydrogen (secondary N) is 1. The van der Waals surface area contributed by atoms with Crippen LogP contribution in [0.4, 0.5) is 0 Å². The molecule has 2 aromatic heterocycles. The predicted octanol–water partition coefficient (Wildman–Crippen LogP) is 3.61. The minimum absolute atomic E-state index is 0.0534. The van der Waals surface area contributed by atoms with Crippen LogP contribution in [0.3, 0.4) is 0 Å². The van der Waals surface area contributed by atoms with Crippen molar-refractivity contribution < 1.29 is 33.8 Å². The molecule has 1 aromatic carbocycles. The van der Waals surface area contributed by atoms with Crippen LogP contribution in [0.1, 0.15) is 61.8 Å². The third-order valence-corrected chi connectivity index (χ3v) is 6.42. The van der Waals surface area contributed by atoms with Gasteiger partial charge in [0.25, 0.3) is 11.7 Å². The van der Waals surface area contributed by atoms with Crippen LogP contribution in [0.2, 0.25) is 0 Å². The minimum Gasteiger partial charge on any atom is -0.507 e. The van der Waals surface area contributed by atoms with Gasteiger partial charge in [-0.05, 0) is 55.7 Å². The van der Waals surface area contributed by atoms with Crippen LogP contribution in [0, 0.1) is 13.8 Å². The molecule has 4 rings (SSSR count). The van der Waals surface area contributed by atoms with Gasteiger partial charge >= 0.3 is 11.9 Å². The lowest BCUT2D eigenvalue weighted by atomic mass is 9.93. The standard InChI is InChI=1S/C28H27N3O7/c1-5-38-28(36)22-15(2)20(16(3)30-22)24(32)21-23(18-8-10-19(11-9-18)27(35)37-4)31(26(34)25(21)33)14-17-7-6-12-29-13-17/h6-13,23,30,32H,5,14H2,1-4H3/b24-21+/t23-/m0/s1. The number of H-pyrrole nitrogens is 1. The zero-order valence-electron chi connectivity index (χ0n) is 21.4.